The maximum atomic E-state index is 9.32. The number of aromatic hydroxyl groups is 1. The second kappa shape index (κ2) is 6.10. The summed E-state index contributed by atoms with van der Waals surface area (Å²) in [6.45, 7) is 7.52. The molecule has 0 spiro atoms. The number of benzene rings is 2. The lowest BCUT2D eigenvalue weighted by molar-refractivity contribution is 0.271. The first-order valence-electron chi connectivity index (χ1n) is 7.03. The third-order valence-electron chi connectivity index (χ3n) is 3.45. The van der Waals surface area contributed by atoms with Gasteiger partial charge in [-0.3, -0.25) is 0 Å². The van der Waals surface area contributed by atoms with Gasteiger partial charge >= 0.3 is 0 Å². The zero-order chi connectivity index (χ0) is 14.6. The number of phenolic OH excluding ortho intramolecular Hbond substituents is 1. The molecule has 106 valence electrons. The van der Waals surface area contributed by atoms with Crippen LogP contribution in [0.2, 0.25) is 0 Å². The van der Waals surface area contributed by atoms with Crippen molar-refractivity contribution in [2.75, 3.05) is 0 Å². The Bertz CT molecular complexity index is 526. The van der Waals surface area contributed by atoms with Crippen LogP contribution in [-0.4, -0.2) is 5.11 Å². The summed E-state index contributed by atoms with van der Waals surface area (Å²) in [5, 5.41) is 13.0. The summed E-state index contributed by atoms with van der Waals surface area (Å²) in [5.74, 6) is 0.309. The van der Waals surface area contributed by atoms with Gasteiger partial charge in [-0.1, -0.05) is 63.2 Å². The smallest absolute Gasteiger partial charge is 0.115 e. The summed E-state index contributed by atoms with van der Waals surface area (Å²) in [7, 11) is 0. The van der Waals surface area contributed by atoms with Crippen LogP contribution in [0.15, 0.2) is 54.6 Å². The third kappa shape index (κ3) is 3.84. The van der Waals surface area contributed by atoms with E-state index in [4.69, 9.17) is 0 Å². The molecule has 0 saturated heterocycles. The molecule has 0 amide bonds. The largest absolute Gasteiger partial charge is 0.508 e. The van der Waals surface area contributed by atoms with Crippen molar-refractivity contribution < 1.29 is 5.11 Å². The van der Waals surface area contributed by atoms with Crippen LogP contribution in [0.25, 0.3) is 0 Å². The third-order valence-corrected chi connectivity index (χ3v) is 3.45. The van der Waals surface area contributed by atoms with Gasteiger partial charge in [0.15, 0.2) is 0 Å². The Balaban J connectivity index is 2.11. The molecular weight excluding hydrogens is 246 g/mol. The van der Waals surface area contributed by atoms with Gasteiger partial charge in [0.2, 0.25) is 0 Å². The van der Waals surface area contributed by atoms with Gasteiger partial charge in [-0.25, -0.2) is 0 Å². The van der Waals surface area contributed by atoms with E-state index in [-0.39, 0.29) is 11.5 Å². The number of hydrogen-bond acceptors (Lipinski definition) is 2. The maximum absolute atomic E-state index is 9.32. The molecule has 2 aromatic rings. The van der Waals surface area contributed by atoms with Crippen LogP contribution in [0.3, 0.4) is 0 Å². The van der Waals surface area contributed by atoms with E-state index < -0.39 is 0 Å². The number of nitrogens with one attached hydrogen (secondary N) is 1. The fraction of sp³-hybridized carbons (Fsp3) is 0.333. The summed E-state index contributed by atoms with van der Waals surface area (Å²) in [6.07, 6.45) is 0. The summed E-state index contributed by atoms with van der Waals surface area (Å²) < 4.78 is 0. The van der Waals surface area contributed by atoms with Gasteiger partial charge in [-0.15, -0.1) is 0 Å². The van der Waals surface area contributed by atoms with Crippen LogP contribution in [0, 0.1) is 5.41 Å². The van der Waals surface area contributed by atoms with Crippen molar-refractivity contribution in [3.63, 3.8) is 0 Å². The summed E-state index contributed by atoms with van der Waals surface area (Å²) in [6, 6.07) is 18.2. The molecular formula is C18H23NO. The molecule has 1 unspecified atom stereocenters. The Morgan fingerprint density at radius 1 is 0.950 bits per heavy atom. The monoisotopic (exact) mass is 269 g/mol. The minimum atomic E-state index is 0.137. The minimum Gasteiger partial charge on any atom is -0.508 e. The van der Waals surface area contributed by atoms with Crippen LogP contribution >= 0.6 is 0 Å². The highest BCUT2D eigenvalue weighted by Crippen LogP contribution is 2.32. The average Bonchev–Trinajstić information content (AvgIpc) is 2.41. The Hall–Kier alpha value is -1.80. The van der Waals surface area contributed by atoms with E-state index >= 15 is 0 Å². The normalized spacial score (nSPS) is 13.2. The SMILES string of the molecule is CC(C)(C)C(NCc1ccc(O)cc1)c1ccccc1. The molecule has 2 rings (SSSR count). The minimum absolute atomic E-state index is 0.137. The molecule has 0 fully saturated rings. The van der Waals surface area contributed by atoms with Crippen molar-refractivity contribution in [2.45, 2.75) is 33.4 Å². The Kier molecular flexibility index (Phi) is 4.46. The van der Waals surface area contributed by atoms with Crippen LogP contribution < -0.4 is 5.32 Å². The molecule has 20 heavy (non-hydrogen) atoms. The predicted molar refractivity (Wildman–Crippen MR) is 83.6 cm³/mol. The zero-order valence-electron chi connectivity index (χ0n) is 12.4. The molecule has 2 aromatic carbocycles. The van der Waals surface area contributed by atoms with Gasteiger partial charge in [0.1, 0.15) is 5.75 Å². The Morgan fingerprint density at radius 3 is 2.10 bits per heavy atom. The van der Waals surface area contributed by atoms with Gasteiger partial charge < -0.3 is 10.4 Å². The molecule has 0 radical (unpaired) electrons. The van der Waals surface area contributed by atoms with Crippen molar-refractivity contribution in [1.29, 1.82) is 0 Å². The van der Waals surface area contributed by atoms with Crippen molar-refractivity contribution in [3.8, 4) is 5.75 Å². The van der Waals surface area contributed by atoms with Crippen molar-refractivity contribution >= 4 is 0 Å². The molecule has 0 saturated carbocycles. The van der Waals surface area contributed by atoms with E-state index in [2.05, 4.69) is 50.4 Å². The van der Waals surface area contributed by atoms with Gasteiger partial charge in [-0.2, -0.15) is 0 Å². The fourth-order valence-electron chi connectivity index (χ4n) is 2.40. The Labute approximate surface area is 121 Å². The van der Waals surface area contributed by atoms with Crippen molar-refractivity contribution in [3.05, 3.63) is 65.7 Å². The highest BCUT2D eigenvalue weighted by molar-refractivity contribution is 5.26. The summed E-state index contributed by atoms with van der Waals surface area (Å²) >= 11 is 0. The molecule has 2 N–H and O–H groups in total. The molecule has 2 heteroatoms. The van der Waals surface area contributed by atoms with E-state index in [1.807, 2.05) is 18.2 Å². The topological polar surface area (TPSA) is 32.3 Å². The predicted octanol–water partition coefficient (Wildman–Crippen LogP) is 4.27. The molecule has 0 aliphatic heterocycles. The average molecular weight is 269 g/mol. The molecule has 0 aliphatic rings. The van der Waals surface area contributed by atoms with Crippen molar-refractivity contribution in [2.24, 2.45) is 5.41 Å². The van der Waals surface area contributed by atoms with Gasteiger partial charge in [-0.05, 0) is 28.7 Å². The number of rotatable bonds is 4. The number of phenols is 1. The molecule has 0 heterocycles. The van der Waals surface area contributed by atoms with Crippen LogP contribution in [-0.2, 0) is 6.54 Å². The van der Waals surface area contributed by atoms with Gasteiger partial charge in [0.05, 0.1) is 0 Å². The van der Waals surface area contributed by atoms with Crippen molar-refractivity contribution in [1.82, 2.24) is 5.32 Å². The first-order valence-corrected chi connectivity index (χ1v) is 7.03. The first kappa shape index (κ1) is 14.6. The van der Waals surface area contributed by atoms with Crippen LogP contribution in [0.5, 0.6) is 5.75 Å². The molecule has 2 nitrogen and oxygen atoms in total. The molecule has 0 bridgehead atoms. The summed E-state index contributed by atoms with van der Waals surface area (Å²) in [4.78, 5) is 0. The zero-order valence-corrected chi connectivity index (χ0v) is 12.4. The van der Waals surface area contributed by atoms with E-state index in [1.54, 1.807) is 12.1 Å². The summed E-state index contributed by atoms with van der Waals surface area (Å²) in [5.41, 5.74) is 2.62. The van der Waals surface area contributed by atoms with E-state index in [0.717, 1.165) is 6.54 Å². The second-order valence-electron chi connectivity index (χ2n) is 6.26. The first-order chi connectivity index (χ1) is 9.47. The van der Waals surface area contributed by atoms with E-state index in [1.165, 1.54) is 11.1 Å². The number of hydrogen-bond donors (Lipinski definition) is 2. The van der Waals surface area contributed by atoms with Crippen LogP contribution in [0.4, 0.5) is 0 Å². The molecule has 0 aromatic heterocycles. The van der Waals surface area contributed by atoms with Crippen LogP contribution in [0.1, 0.15) is 37.9 Å². The quantitative estimate of drug-likeness (QED) is 0.868. The molecule has 0 aliphatic carbocycles. The van der Waals surface area contributed by atoms with Gasteiger partial charge in [0, 0.05) is 12.6 Å². The maximum Gasteiger partial charge on any atom is 0.115 e. The fourth-order valence-corrected chi connectivity index (χ4v) is 2.40. The second-order valence-corrected chi connectivity index (χ2v) is 6.26. The van der Waals surface area contributed by atoms with E-state index in [0.29, 0.717) is 5.75 Å². The standard InChI is InChI=1S/C18H23NO/c1-18(2,3)17(15-7-5-4-6-8-15)19-13-14-9-11-16(20)12-10-14/h4-12,17,19-20H,13H2,1-3H3. The lowest BCUT2D eigenvalue weighted by atomic mass is 9.82. The highest BCUT2D eigenvalue weighted by Gasteiger charge is 2.25. The van der Waals surface area contributed by atoms with E-state index in [9.17, 15) is 5.11 Å². The Morgan fingerprint density at radius 2 is 1.55 bits per heavy atom. The lowest BCUT2D eigenvalue weighted by Crippen LogP contribution is -2.31. The lowest BCUT2D eigenvalue weighted by Gasteiger charge is -2.32. The highest BCUT2D eigenvalue weighted by atomic mass is 16.3. The molecule has 1 atom stereocenters. The van der Waals surface area contributed by atoms with Gasteiger partial charge in [0.25, 0.3) is 0 Å².